The smallest absolute Gasteiger partial charge is 0.333 e. The second-order valence-corrected chi connectivity index (χ2v) is 4.69. The summed E-state index contributed by atoms with van der Waals surface area (Å²) in [7, 11) is 0. The number of nitrogens with one attached hydrogen (secondary N) is 3. The summed E-state index contributed by atoms with van der Waals surface area (Å²) in [5.41, 5.74) is 6.03. The van der Waals surface area contributed by atoms with E-state index in [-0.39, 0.29) is 11.6 Å². The quantitative estimate of drug-likeness (QED) is 0.554. The molecule has 23 heavy (non-hydrogen) atoms. The summed E-state index contributed by atoms with van der Waals surface area (Å²) in [5.74, 6) is 1.18. The summed E-state index contributed by atoms with van der Waals surface area (Å²) in [6, 6.07) is 9.03. The van der Waals surface area contributed by atoms with Gasteiger partial charge in [-0.25, -0.2) is 15.2 Å². The molecular formula is C15H17N5O3. The second-order valence-electron chi connectivity index (χ2n) is 4.69. The Hall–Kier alpha value is -3.21. The number of aryl methyl sites for hydroxylation is 2. The zero-order chi connectivity index (χ0) is 16.7. The van der Waals surface area contributed by atoms with Crippen molar-refractivity contribution in [3.63, 3.8) is 0 Å². The van der Waals surface area contributed by atoms with E-state index in [0.717, 1.165) is 11.3 Å². The Labute approximate surface area is 133 Å². The third-order valence-corrected chi connectivity index (χ3v) is 2.78. The van der Waals surface area contributed by atoms with Gasteiger partial charge in [-0.05, 0) is 24.6 Å². The molecule has 0 fully saturated rings. The van der Waals surface area contributed by atoms with Gasteiger partial charge >= 0.3 is 6.03 Å². The molecule has 8 heteroatoms. The van der Waals surface area contributed by atoms with Gasteiger partial charge in [-0.3, -0.25) is 5.43 Å². The monoisotopic (exact) mass is 315 g/mol. The molecule has 0 saturated heterocycles. The molecule has 8 nitrogen and oxygen atoms in total. The summed E-state index contributed by atoms with van der Waals surface area (Å²) < 4.78 is 10.6. The van der Waals surface area contributed by atoms with Crippen molar-refractivity contribution in [1.29, 1.82) is 5.26 Å². The third-order valence-electron chi connectivity index (χ3n) is 2.78. The first-order valence-electron chi connectivity index (χ1n) is 6.95. The maximum Gasteiger partial charge on any atom is 0.333 e. The van der Waals surface area contributed by atoms with Crippen molar-refractivity contribution in [2.75, 3.05) is 18.6 Å². The van der Waals surface area contributed by atoms with Crippen LogP contribution in [0, 0.1) is 25.2 Å². The number of anilines is 1. The third kappa shape index (κ3) is 4.93. The minimum Gasteiger partial charge on any atom is -0.492 e. The van der Waals surface area contributed by atoms with Gasteiger partial charge in [-0.1, -0.05) is 12.1 Å². The zero-order valence-electron chi connectivity index (χ0n) is 12.8. The van der Waals surface area contributed by atoms with Gasteiger partial charge in [-0.2, -0.15) is 5.26 Å². The van der Waals surface area contributed by atoms with Crippen molar-refractivity contribution in [2.45, 2.75) is 13.8 Å². The Morgan fingerprint density at radius 3 is 3.00 bits per heavy atom. The van der Waals surface area contributed by atoms with Crippen LogP contribution in [-0.2, 0) is 0 Å². The number of amides is 2. The predicted octanol–water partition coefficient (Wildman–Crippen LogP) is 1.87. The molecule has 0 radical (unpaired) electrons. The van der Waals surface area contributed by atoms with Crippen LogP contribution in [0.1, 0.15) is 17.1 Å². The van der Waals surface area contributed by atoms with Gasteiger partial charge in [0.15, 0.2) is 5.89 Å². The summed E-state index contributed by atoms with van der Waals surface area (Å²) in [6.45, 7) is 4.24. The number of aromatic nitrogens is 1. The number of carbonyl (C=O) groups is 1. The van der Waals surface area contributed by atoms with E-state index in [1.165, 1.54) is 0 Å². The topological polar surface area (TPSA) is 112 Å². The molecule has 3 N–H and O–H groups in total. The minimum absolute atomic E-state index is 0.0746. The molecule has 0 aliphatic heterocycles. The minimum atomic E-state index is -0.476. The fraction of sp³-hybridized carbons (Fsp3) is 0.267. The predicted molar refractivity (Wildman–Crippen MR) is 82.8 cm³/mol. The van der Waals surface area contributed by atoms with Gasteiger partial charge in [-0.15, -0.1) is 0 Å². The van der Waals surface area contributed by atoms with E-state index in [2.05, 4.69) is 21.2 Å². The van der Waals surface area contributed by atoms with Crippen LogP contribution >= 0.6 is 0 Å². The maximum atomic E-state index is 11.6. The Balaban J connectivity index is 1.68. The molecule has 0 saturated carbocycles. The zero-order valence-corrected chi connectivity index (χ0v) is 12.8. The lowest BCUT2D eigenvalue weighted by Crippen LogP contribution is -2.40. The van der Waals surface area contributed by atoms with E-state index >= 15 is 0 Å². The van der Waals surface area contributed by atoms with Crippen molar-refractivity contribution in [2.24, 2.45) is 0 Å². The van der Waals surface area contributed by atoms with Gasteiger partial charge < -0.3 is 14.5 Å². The number of carbonyl (C=O) groups excluding carboxylic acids is 1. The Morgan fingerprint density at radius 2 is 2.26 bits per heavy atom. The Morgan fingerprint density at radius 1 is 1.43 bits per heavy atom. The Bertz CT molecular complexity index is 720. The lowest BCUT2D eigenvalue weighted by molar-refractivity contribution is 0.238. The van der Waals surface area contributed by atoms with Crippen LogP contribution < -0.4 is 20.9 Å². The fourth-order valence-electron chi connectivity index (χ4n) is 1.78. The molecule has 1 aromatic heterocycles. The average molecular weight is 315 g/mol. The van der Waals surface area contributed by atoms with Crippen molar-refractivity contribution in [3.05, 3.63) is 41.4 Å². The van der Waals surface area contributed by atoms with Gasteiger partial charge in [0, 0.05) is 6.92 Å². The highest BCUT2D eigenvalue weighted by Crippen LogP contribution is 2.14. The SMILES string of the molecule is Cc1cccc(OCCNC(=O)NNc2oc(C)nc2C#N)c1. The summed E-state index contributed by atoms with van der Waals surface area (Å²) in [5, 5.41) is 11.4. The van der Waals surface area contributed by atoms with Gasteiger partial charge in [0.25, 0.3) is 5.88 Å². The van der Waals surface area contributed by atoms with E-state index in [1.54, 1.807) is 6.92 Å². The van der Waals surface area contributed by atoms with Crippen LogP contribution in [0.25, 0.3) is 0 Å². The fourth-order valence-corrected chi connectivity index (χ4v) is 1.78. The number of nitriles is 1. The number of oxazole rings is 1. The molecule has 0 spiro atoms. The van der Waals surface area contributed by atoms with Gasteiger partial charge in [0.2, 0.25) is 5.69 Å². The highest BCUT2D eigenvalue weighted by molar-refractivity contribution is 5.75. The van der Waals surface area contributed by atoms with Crippen LogP contribution in [0.3, 0.4) is 0 Å². The summed E-state index contributed by atoms with van der Waals surface area (Å²) in [6.07, 6.45) is 0. The van der Waals surface area contributed by atoms with E-state index in [4.69, 9.17) is 14.4 Å². The Kier molecular flexibility index (Phi) is 5.41. The number of nitrogens with zero attached hydrogens (tertiary/aromatic N) is 2. The maximum absolute atomic E-state index is 11.6. The molecule has 1 heterocycles. The first-order valence-corrected chi connectivity index (χ1v) is 6.95. The first kappa shape index (κ1) is 16.2. The van der Waals surface area contributed by atoms with E-state index < -0.39 is 6.03 Å². The molecule has 0 unspecified atom stereocenters. The lowest BCUT2D eigenvalue weighted by atomic mass is 10.2. The lowest BCUT2D eigenvalue weighted by Gasteiger charge is -2.09. The van der Waals surface area contributed by atoms with Crippen LogP contribution in [0.2, 0.25) is 0 Å². The normalized spacial score (nSPS) is 9.78. The van der Waals surface area contributed by atoms with Gasteiger partial charge in [0.1, 0.15) is 18.4 Å². The molecule has 0 atom stereocenters. The van der Waals surface area contributed by atoms with Crippen LogP contribution in [0.4, 0.5) is 10.7 Å². The standard InChI is InChI=1S/C15H17N5O3/c1-10-4-3-5-12(8-10)22-7-6-17-15(21)20-19-14-13(9-16)18-11(2)23-14/h3-5,8,19H,6-7H2,1-2H3,(H2,17,20,21). The molecule has 2 aromatic rings. The molecular weight excluding hydrogens is 298 g/mol. The second kappa shape index (κ2) is 7.70. The van der Waals surface area contributed by atoms with E-state index in [9.17, 15) is 4.79 Å². The summed E-state index contributed by atoms with van der Waals surface area (Å²) in [4.78, 5) is 15.4. The van der Waals surface area contributed by atoms with Crippen molar-refractivity contribution >= 4 is 11.9 Å². The molecule has 0 aliphatic carbocycles. The number of hydrazine groups is 1. The van der Waals surface area contributed by atoms with E-state index in [1.807, 2.05) is 37.3 Å². The molecule has 1 aromatic carbocycles. The van der Waals surface area contributed by atoms with Gasteiger partial charge in [0.05, 0.1) is 6.54 Å². The van der Waals surface area contributed by atoms with Crippen molar-refractivity contribution in [1.82, 2.24) is 15.7 Å². The molecule has 0 aliphatic rings. The number of hydrogen-bond acceptors (Lipinski definition) is 6. The molecule has 2 rings (SSSR count). The summed E-state index contributed by atoms with van der Waals surface area (Å²) >= 11 is 0. The highest BCUT2D eigenvalue weighted by Gasteiger charge is 2.10. The number of benzene rings is 1. The number of ether oxygens (including phenoxy) is 1. The van der Waals surface area contributed by atoms with Crippen molar-refractivity contribution in [3.8, 4) is 11.8 Å². The average Bonchev–Trinajstić information content (AvgIpc) is 2.90. The number of hydrogen-bond donors (Lipinski definition) is 3. The molecule has 120 valence electrons. The largest absolute Gasteiger partial charge is 0.492 e. The highest BCUT2D eigenvalue weighted by atomic mass is 16.5. The van der Waals surface area contributed by atoms with Crippen LogP contribution in [0.5, 0.6) is 5.75 Å². The van der Waals surface area contributed by atoms with Crippen molar-refractivity contribution < 1.29 is 13.9 Å². The van der Waals surface area contributed by atoms with Crippen LogP contribution in [0.15, 0.2) is 28.7 Å². The van der Waals surface area contributed by atoms with E-state index in [0.29, 0.717) is 19.0 Å². The molecule has 2 amide bonds. The first-order chi connectivity index (χ1) is 11.1. The molecule has 0 bridgehead atoms. The number of urea groups is 1. The number of rotatable bonds is 6. The van der Waals surface area contributed by atoms with Crippen LogP contribution in [-0.4, -0.2) is 24.2 Å².